The highest BCUT2D eigenvalue weighted by Gasteiger charge is 2.24. The lowest BCUT2D eigenvalue weighted by Crippen LogP contribution is -2.34. The number of benzene rings is 1. The Kier molecular flexibility index (Phi) is 5.59. The van der Waals surface area contributed by atoms with Gasteiger partial charge in [-0.2, -0.15) is 0 Å². The normalized spacial score (nSPS) is 19.0. The molecule has 0 unspecified atom stereocenters. The molecule has 1 atom stereocenters. The summed E-state index contributed by atoms with van der Waals surface area (Å²) in [6, 6.07) is 2.28. The van der Waals surface area contributed by atoms with E-state index in [1.54, 1.807) is 13.2 Å². The highest BCUT2D eigenvalue weighted by Crippen LogP contribution is 2.42. The van der Waals surface area contributed by atoms with Crippen LogP contribution in [0.25, 0.3) is 0 Å². The van der Waals surface area contributed by atoms with E-state index in [9.17, 15) is 5.11 Å². The number of methoxy groups -OCH3 is 1. The van der Waals surface area contributed by atoms with Crippen LogP contribution in [0, 0.1) is 0 Å². The molecular weight excluding hydrogens is 288 g/mol. The second kappa shape index (κ2) is 7.23. The Morgan fingerprint density at radius 1 is 1.48 bits per heavy atom. The summed E-state index contributed by atoms with van der Waals surface area (Å²) in [7, 11) is 1.57. The first kappa shape index (κ1) is 16.2. The Labute approximate surface area is 132 Å². The first-order valence-corrected chi connectivity index (χ1v) is 8.06. The first-order valence-electron chi connectivity index (χ1n) is 7.68. The molecule has 1 aromatic rings. The fraction of sp³-hybridized carbons (Fsp3) is 0.625. The zero-order chi connectivity index (χ0) is 15.4. The number of aryl methyl sites for hydroxylation is 1. The van der Waals surface area contributed by atoms with Gasteiger partial charge in [0.15, 0.2) is 5.75 Å². The van der Waals surface area contributed by atoms with Crippen LogP contribution >= 0.6 is 11.6 Å². The van der Waals surface area contributed by atoms with Crippen molar-refractivity contribution in [3.8, 4) is 11.5 Å². The SMILES string of the molecule is CCc1cc(Cl)c(OC)c(NC[C@@H]2CCCN2CC)c1O. The highest BCUT2D eigenvalue weighted by atomic mass is 35.5. The fourth-order valence-corrected chi connectivity index (χ4v) is 3.37. The molecule has 1 fully saturated rings. The van der Waals surface area contributed by atoms with Gasteiger partial charge in [0, 0.05) is 12.6 Å². The van der Waals surface area contributed by atoms with Gasteiger partial charge in [0.05, 0.1) is 12.1 Å². The number of likely N-dealkylation sites (N-methyl/N-ethyl adjacent to an activating group) is 1. The van der Waals surface area contributed by atoms with Crippen LogP contribution in [0.2, 0.25) is 5.02 Å². The number of phenolic OH excluding ortho intramolecular Hbond substituents is 1. The van der Waals surface area contributed by atoms with E-state index in [2.05, 4.69) is 17.1 Å². The van der Waals surface area contributed by atoms with Crippen LogP contribution in [0.3, 0.4) is 0 Å². The molecule has 0 aliphatic carbocycles. The average molecular weight is 313 g/mol. The molecule has 1 aliphatic rings. The van der Waals surface area contributed by atoms with E-state index in [1.807, 2.05) is 6.92 Å². The molecule has 1 aromatic carbocycles. The minimum absolute atomic E-state index is 0.250. The van der Waals surface area contributed by atoms with Crippen LogP contribution in [-0.4, -0.2) is 42.8 Å². The quantitative estimate of drug-likeness (QED) is 0.789. The Hall–Kier alpha value is -1.13. The van der Waals surface area contributed by atoms with E-state index < -0.39 is 0 Å². The number of aromatic hydroxyl groups is 1. The summed E-state index contributed by atoms with van der Waals surface area (Å²) in [5.74, 6) is 0.771. The summed E-state index contributed by atoms with van der Waals surface area (Å²) in [4.78, 5) is 2.46. The van der Waals surface area contributed by atoms with Gasteiger partial charge in [-0.15, -0.1) is 0 Å². The van der Waals surface area contributed by atoms with Gasteiger partial charge in [-0.25, -0.2) is 0 Å². The zero-order valence-electron chi connectivity index (χ0n) is 13.1. The average Bonchev–Trinajstić information content (AvgIpc) is 2.94. The largest absolute Gasteiger partial charge is 0.505 e. The van der Waals surface area contributed by atoms with Crippen LogP contribution < -0.4 is 10.1 Å². The highest BCUT2D eigenvalue weighted by molar-refractivity contribution is 6.32. The molecule has 0 amide bonds. The maximum atomic E-state index is 10.4. The topological polar surface area (TPSA) is 44.7 Å². The number of nitrogens with one attached hydrogen (secondary N) is 1. The Bertz CT molecular complexity index is 494. The number of ether oxygens (including phenoxy) is 1. The van der Waals surface area contributed by atoms with E-state index in [1.165, 1.54) is 12.8 Å². The molecule has 5 heteroatoms. The fourth-order valence-electron chi connectivity index (χ4n) is 3.07. The summed E-state index contributed by atoms with van der Waals surface area (Å²) >= 11 is 6.25. The summed E-state index contributed by atoms with van der Waals surface area (Å²) in [6.07, 6.45) is 3.15. The van der Waals surface area contributed by atoms with Crippen molar-refractivity contribution in [1.29, 1.82) is 0 Å². The molecule has 2 rings (SSSR count). The summed E-state index contributed by atoms with van der Waals surface area (Å²) in [5, 5.41) is 14.3. The van der Waals surface area contributed by atoms with Crippen molar-refractivity contribution >= 4 is 17.3 Å². The number of rotatable bonds is 6. The molecule has 1 aliphatic heterocycles. The summed E-state index contributed by atoms with van der Waals surface area (Å²) in [6.45, 7) is 7.19. The predicted octanol–water partition coefficient (Wildman–Crippen LogP) is 3.51. The Morgan fingerprint density at radius 2 is 2.24 bits per heavy atom. The lowest BCUT2D eigenvalue weighted by molar-refractivity contribution is 0.276. The smallest absolute Gasteiger partial charge is 0.164 e. The van der Waals surface area contributed by atoms with E-state index in [0.29, 0.717) is 22.5 Å². The Balaban J connectivity index is 2.20. The minimum atomic E-state index is 0.250. The van der Waals surface area contributed by atoms with Crippen LogP contribution in [0.1, 0.15) is 32.3 Å². The molecule has 1 heterocycles. The molecule has 0 saturated carbocycles. The summed E-state index contributed by atoms with van der Waals surface area (Å²) in [5.41, 5.74) is 1.45. The van der Waals surface area contributed by atoms with E-state index in [0.717, 1.165) is 31.6 Å². The Morgan fingerprint density at radius 3 is 2.86 bits per heavy atom. The van der Waals surface area contributed by atoms with E-state index in [4.69, 9.17) is 16.3 Å². The lowest BCUT2D eigenvalue weighted by Gasteiger charge is -2.24. The van der Waals surface area contributed by atoms with Crippen LogP contribution in [0.5, 0.6) is 11.5 Å². The number of phenols is 1. The van der Waals surface area contributed by atoms with Crippen molar-refractivity contribution in [3.63, 3.8) is 0 Å². The molecule has 21 heavy (non-hydrogen) atoms. The van der Waals surface area contributed by atoms with Gasteiger partial charge in [0.1, 0.15) is 11.4 Å². The number of hydrogen-bond donors (Lipinski definition) is 2. The monoisotopic (exact) mass is 312 g/mol. The van der Waals surface area contributed by atoms with Crippen LogP contribution in [-0.2, 0) is 6.42 Å². The van der Waals surface area contributed by atoms with Gasteiger partial charge >= 0.3 is 0 Å². The van der Waals surface area contributed by atoms with Crippen LogP contribution in [0.4, 0.5) is 5.69 Å². The number of hydrogen-bond acceptors (Lipinski definition) is 4. The lowest BCUT2D eigenvalue weighted by atomic mass is 10.1. The predicted molar refractivity (Wildman–Crippen MR) is 87.8 cm³/mol. The maximum absolute atomic E-state index is 10.4. The number of halogens is 1. The van der Waals surface area contributed by atoms with Crippen molar-refractivity contribution in [1.82, 2.24) is 4.90 Å². The molecule has 2 N–H and O–H groups in total. The second-order valence-electron chi connectivity index (χ2n) is 5.43. The van der Waals surface area contributed by atoms with Crippen LogP contribution in [0.15, 0.2) is 6.07 Å². The molecular formula is C16H25ClN2O2. The number of likely N-dealkylation sites (tertiary alicyclic amines) is 1. The zero-order valence-corrected chi connectivity index (χ0v) is 13.8. The molecule has 118 valence electrons. The van der Waals surface area contributed by atoms with Gasteiger partial charge in [-0.1, -0.05) is 25.4 Å². The third kappa shape index (κ3) is 3.38. The van der Waals surface area contributed by atoms with E-state index >= 15 is 0 Å². The summed E-state index contributed by atoms with van der Waals surface area (Å²) < 4.78 is 5.36. The van der Waals surface area contributed by atoms with Crippen molar-refractivity contribution < 1.29 is 9.84 Å². The van der Waals surface area contributed by atoms with Crippen molar-refractivity contribution in [2.75, 3.05) is 32.1 Å². The van der Waals surface area contributed by atoms with Crippen molar-refractivity contribution in [3.05, 3.63) is 16.7 Å². The number of nitrogens with zero attached hydrogens (tertiary/aromatic N) is 1. The molecule has 1 saturated heterocycles. The minimum Gasteiger partial charge on any atom is -0.505 e. The molecule has 0 spiro atoms. The van der Waals surface area contributed by atoms with E-state index in [-0.39, 0.29) is 5.75 Å². The van der Waals surface area contributed by atoms with Gasteiger partial charge in [0.2, 0.25) is 0 Å². The molecule has 0 radical (unpaired) electrons. The first-order chi connectivity index (χ1) is 10.1. The molecule has 4 nitrogen and oxygen atoms in total. The third-order valence-electron chi connectivity index (χ3n) is 4.29. The van der Waals surface area contributed by atoms with Gasteiger partial charge in [-0.05, 0) is 44.0 Å². The molecule has 0 bridgehead atoms. The molecule has 0 aromatic heterocycles. The standard InChI is InChI=1S/C16H25ClN2O2/c1-4-11-9-13(17)16(21-3)14(15(11)20)18-10-12-7-6-8-19(12)5-2/h9,12,18,20H,4-8,10H2,1-3H3/t12-/m0/s1. The second-order valence-corrected chi connectivity index (χ2v) is 5.84. The van der Waals surface area contributed by atoms with Crippen molar-refractivity contribution in [2.24, 2.45) is 0 Å². The number of anilines is 1. The third-order valence-corrected chi connectivity index (χ3v) is 4.57. The van der Waals surface area contributed by atoms with Gasteiger partial charge < -0.3 is 15.2 Å². The van der Waals surface area contributed by atoms with Gasteiger partial charge in [0.25, 0.3) is 0 Å². The van der Waals surface area contributed by atoms with Crippen molar-refractivity contribution in [2.45, 2.75) is 39.2 Å². The van der Waals surface area contributed by atoms with Gasteiger partial charge in [-0.3, -0.25) is 4.90 Å². The maximum Gasteiger partial charge on any atom is 0.164 e.